The molecule has 58 heavy (non-hydrogen) atoms. The maximum Gasteiger partial charge on any atom is 0.271 e. The fourth-order valence-corrected chi connectivity index (χ4v) is 13.5. The number of nitro groups is 1. The van der Waals surface area contributed by atoms with E-state index in [4.69, 9.17) is 4.43 Å². The van der Waals surface area contributed by atoms with Crippen LogP contribution in [-0.4, -0.2) is 59.7 Å². The largest absolute Gasteiger partial charge is 0.505 e. The lowest BCUT2D eigenvalue weighted by Crippen LogP contribution is -2.66. The highest BCUT2D eigenvalue weighted by Crippen LogP contribution is 2.48. The number of aliphatic hydroxyl groups is 2. The molecule has 0 aromatic heterocycles. The Kier molecular flexibility index (Phi) is 12.9. The van der Waals surface area contributed by atoms with E-state index in [9.17, 15) is 39.4 Å². The van der Waals surface area contributed by atoms with Crippen LogP contribution in [0.15, 0.2) is 120 Å². The lowest BCUT2D eigenvalue weighted by atomic mass is 9.68. The minimum atomic E-state index is -3.14. The molecule has 1 aliphatic heterocycles. The Bertz CT molecular complexity index is 2160. The number of aromatic hydroxyl groups is 1. The van der Waals surface area contributed by atoms with Crippen molar-refractivity contribution in [1.82, 2.24) is 0 Å². The quantitative estimate of drug-likeness (QED) is 0.0369. The highest BCUT2D eigenvalue weighted by molar-refractivity contribution is 6.99. The van der Waals surface area contributed by atoms with Crippen molar-refractivity contribution in [2.45, 2.75) is 70.9 Å². The molecule has 1 aliphatic carbocycles. The van der Waals surface area contributed by atoms with E-state index in [2.05, 4.69) is 45.0 Å². The second-order valence-electron chi connectivity index (χ2n) is 16.2. The van der Waals surface area contributed by atoms with Crippen LogP contribution in [0.5, 0.6) is 5.75 Å². The molecule has 2 amide bonds. The monoisotopic (exact) mass is 806 g/mol. The maximum absolute atomic E-state index is 14.3. The first kappa shape index (κ1) is 42.3. The molecule has 6 rings (SSSR count). The minimum Gasteiger partial charge on any atom is -0.505 e. The van der Waals surface area contributed by atoms with Gasteiger partial charge in [-0.25, -0.2) is 9.29 Å². The van der Waals surface area contributed by atoms with E-state index in [0.717, 1.165) is 27.3 Å². The van der Waals surface area contributed by atoms with Gasteiger partial charge in [-0.1, -0.05) is 119 Å². The Hall–Kier alpha value is -5.27. The van der Waals surface area contributed by atoms with Gasteiger partial charge >= 0.3 is 0 Å². The zero-order valence-electron chi connectivity index (χ0n) is 33.3. The summed E-state index contributed by atoms with van der Waals surface area (Å²) in [7, 11) is -3.14. The first-order valence-corrected chi connectivity index (χ1v) is 21.7. The second-order valence-corrected chi connectivity index (χ2v) is 20.5. The van der Waals surface area contributed by atoms with Crippen molar-refractivity contribution in [1.29, 1.82) is 0 Å². The summed E-state index contributed by atoms with van der Waals surface area (Å²) in [6.45, 7) is 7.94. The third-order valence-electron chi connectivity index (χ3n) is 11.6. The number of nitro benzene ring substituents is 1. The number of aliphatic hydroxyl groups excluding tert-OH is 2. The van der Waals surface area contributed by atoms with Gasteiger partial charge in [0.05, 0.1) is 41.8 Å². The summed E-state index contributed by atoms with van der Waals surface area (Å²) in [5.74, 6) is -5.18. The predicted octanol–water partition coefficient (Wildman–Crippen LogP) is 7.46. The third-order valence-corrected chi connectivity index (χ3v) is 16.6. The fraction of sp³-hybridized carbons (Fsp3) is 0.348. The highest BCUT2D eigenvalue weighted by atomic mass is 28.4. The van der Waals surface area contributed by atoms with Crippen LogP contribution < -0.4 is 15.3 Å². The predicted molar refractivity (Wildman–Crippen MR) is 225 cm³/mol. The third kappa shape index (κ3) is 8.33. The van der Waals surface area contributed by atoms with Crippen LogP contribution in [0.2, 0.25) is 5.04 Å². The molecule has 304 valence electrons. The van der Waals surface area contributed by atoms with E-state index in [1.54, 1.807) is 6.07 Å². The number of hydrogen-bond donors (Lipinski definition) is 3. The topological polar surface area (TPSA) is 150 Å². The number of hydrogen-bond acceptors (Lipinski definition) is 8. The van der Waals surface area contributed by atoms with Crippen molar-refractivity contribution in [3.63, 3.8) is 0 Å². The van der Waals surface area contributed by atoms with Crippen molar-refractivity contribution < 1.29 is 38.6 Å². The van der Waals surface area contributed by atoms with Crippen LogP contribution >= 0.6 is 0 Å². The molecule has 12 heteroatoms. The number of phenolic OH excluding ortho intramolecular Hbond substituents is 1. The zero-order valence-corrected chi connectivity index (χ0v) is 34.3. The smallest absolute Gasteiger partial charge is 0.271 e. The Balaban J connectivity index is 1.43. The van der Waals surface area contributed by atoms with E-state index < -0.39 is 72.1 Å². The van der Waals surface area contributed by atoms with Gasteiger partial charge in [0.1, 0.15) is 0 Å². The number of anilines is 1. The molecule has 2 aliphatic rings. The summed E-state index contributed by atoms with van der Waals surface area (Å²) in [5.41, 5.74) is 2.39. The summed E-state index contributed by atoms with van der Waals surface area (Å²) in [6.07, 6.45) is 2.83. The van der Waals surface area contributed by atoms with E-state index in [1.165, 1.54) is 36.4 Å². The highest BCUT2D eigenvalue weighted by Gasteiger charge is 2.56. The lowest BCUT2D eigenvalue weighted by Gasteiger charge is -2.44. The number of fused-ring (bicyclic) bond motifs is 1. The van der Waals surface area contributed by atoms with Gasteiger partial charge in [0.25, 0.3) is 14.0 Å². The molecule has 10 nitrogen and oxygen atoms in total. The van der Waals surface area contributed by atoms with E-state index in [-0.39, 0.29) is 30.8 Å². The van der Waals surface area contributed by atoms with Crippen LogP contribution in [0.4, 0.5) is 15.8 Å². The first-order valence-electron chi connectivity index (χ1n) is 19.8. The number of benzene rings is 4. The molecule has 4 atom stereocenters. The van der Waals surface area contributed by atoms with Crippen LogP contribution in [-0.2, 0) is 14.0 Å². The van der Waals surface area contributed by atoms with E-state index in [1.807, 2.05) is 49.4 Å². The van der Waals surface area contributed by atoms with Crippen molar-refractivity contribution in [3.05, 3.63) is 141 Å². The van der Waals surface area contributed by atoms with Crippen LogP contribution in [0.25, 0.3) is 6.08 Å². The minimum absolute atomic E-state index is 0.0160. The standard InChI is InChI=1S/C46H51FN2O8Si/c1-5-13-30(24-31-21-22-40(51)39(47)25-31)20-23-41(52)42-32(29-57-58(46(2,3)4,35-16-8-6-9-17-35)36-18-10-7-11-19-36)26-37-43(38(42)28-50)45(54)48(44(37)53)33-14-12-15-34(27-33)49(55)56/h6-12,14-19,21-22,24-25,27,37-38,41,43,50-52H,5,13,20,23,26,28-29H2,1-4H3/b30-24+/t37-,38+,41-,43-/m1/s1. The van der Waals surface area contributed by atoms with Crippen LogP contribution in [0.3, 0.4) is 0 Å². The molecular formula is C46H51FN2O8Si. The van der Waals surface area contributed by atoms with Gasteiger partial charge in [0.2, 0.25) is 11.8 Å². The second kappa shape index (κ2) is 17.7. The average molecular weight is 807 g/mol. The Morgan fingerprint density at radius 1 is 0.966 bits per heavy atom. The van der Waals surface area contributed by atoms with Gasteiger partial charge in [-0.3, -0.25) is 19.7 Å². The number of non-ortho nitro benzene ring substituents is 1. The number of halogens is 1. The number of phenols is 1. The van der Waals surface area contributed by atoms with Crippen molar-refractivity contribution in [2.24, 2.45) is 17.8 Å². The van der Waals surface area contributed by atoms with Gasteiger partial charge in [-0.15, -0.1) is 0 Å². The molecule has 0 unspecified atom stereocenters. The van der Waals surface area contributed by atoms with E-state index in [0.29, 0.717) is 29.6 Å². The lowest BCUT2D eigenvalue weighted by molar-refractivity contribution is -0.384. The van der Waals surface area contributed by atoms with Crippen molar-refractivity contribution >= 4 is 48.0 Å². The maximum atomic E-state index is 14.3. The first-order chi connectivity index (χ1) is 27.7. The number of nitrogens with zero attached hydrogens (tertiary/aromatic N) is 2. The van der Waals surface area contributed by atoms with Gasteiger partial charge in [0.15, 0.2) is 11.6 Å². The van der Waals surface area contributed by atoms with Crippen LogP contribution in [0, 0.1) is 33.7 Å². The number of amides is 2. The van der Waals surface area contributed by atoms with Gasteiger partial charge < -0.3 is 19.7 Å². The summed E-state index contributed by atoms with van der Waals surface area (Å²) in [5, 5.41) is 46.5. The Morgan fingerprint density at radius 3 is 2.19 bits per heavy atom. The normalized spacial score (nSPS) is 19.4. The number of imide groups is 1. The molecule has 4 aromatic carbocycles. The summed E-state index contributed by atoms with van der Waals surface area (Å²) in [6, 6.07) is 29.7. The molecule has 0 saturated carbocycles. The molecule has 1 saturated heterocycles. The molecule has 0 spiro atoms. The molecule has 0 radical (unpaired) electrons. The average Bonchev–Trinajstić information content (AvgIpc) is 3.46. The molecule has 3 N–H and O–H groups in total. The summed E-state index contributed by atoms with van der Waals surface area (Å²) >= 11 is 0. The van der Waals surface area contributed by atoms with E-state index >= 15 is 0 Å². The zero-order chi connectivity index (χ0) is 41.8. The number of carbonyl (C=O) groups is 2. The number of rotatable bonds is 15. The van der Waals surface area contributed by atoms with Gasteiger partial charge in [0, 0.05) is 18.1 Å². The summed E-state index contributed by atoms with van der Waals surface area (Å²) < 4.78 is 21.6. The number of allylic oxidation sites excluding steroid dienone is 1. The summed E-state index contributed by atoms with van der Waals surface area (Å²) in [4.78, 5) is 40.7. The number of carbonyl (C=O) groups excluding carboxylic acids is 2. The molecule has 0 bridgehead atoms. The molecule has 1 fully saturated rings. The van der Waals surface area contributed by atoms with Gasteiger partial charge in [-0.05, 0) is 76.0 Å². The fourth-order valence-electron chi connectivity index (χ4n) is 8.97. The Morgan fingerprint density at radius 2 is 1.62 bits per heavy atom. The van der Waals surface area contributed by atoms with Gasteiger partial charge in [-0.2, -0.15) is 0 Å². The molecular weight excluding hydrogens is 756 g/mol. The SMILES string of the molecule is CCC/C(=C\c1ccc(O)c(F)c1)CC[C@@H](O)C1=C(CO[Si](c2ccccc2)(c2ccccc2)C(C)(C)C)C[C@H]2C(=O)N(c3cccc([N+](=O)[O-])c3)C(=O)[C@H]2[C@H]1CO. The van der Waals surface area contributed by atoms with Crippen molar-refractivity contribution in [3.8, 4) is 5.75 Å². The van der Waals surface area contributed by atoms with Crippen LogP contribution in [0.1, 0.15) is 65.4 Å². The Labute approximate surface area is 339 Å². The van der Waals surface area contributed by atoms with Crippen molar-refractivity contribution in [2.75, 3.05) is 18.1 Å². The molecule has 4 aromatic rings. The molecule has 1 heterocycles.